The van der Waals surface area contributed by atoms with Gasteiger partial charge in [0, 0.05) is 42.5 Å². The van der Waals surface area contributed by atoms with Crippen LogP contribution in [0.4, 0.5) is 11.4 Å². The third kappa shape index (κ3) is 4.85. The van der Waals surface area contributed by atoms with Crippen LogP contribution >= 0.6 is 23.2 Å². The number of halogens is 2. The highest BCUT2D eigenvalue weighted by Gasteiger charge is 2.26. The molecule has 0 spiro atoms. The van der Waals surface area contributed by atoms with Crippen LogP contribution in [0.5, 0.6) is 0 Å². The number of carbonyl (C=O) groups excluding carboxylic acids is 2. The molecule has 148 valence electrons. The first-order chi connectivity index (χ1) is 13.3. The average Bonchev–Trinajstić information content (AvgIpc) is 2.69. The fourth-order valence-electron chi connectivity index (χ4n) is 3.27. The summed E-state index contributed by atoms with van der Waals surface area (Å²) >= 11 is 12.0. The van der Waals surface area contributed by atoms with Crippen LogP contribution in [0.15, 0.2) is 42.5 Å². The second kappa shape index (κ2) is 8.95. The van der Waals surface area contributed by atoms with Crippen LogP contribution < -0.4 is 10.2 Å². The van der Waals surface area contributed by atoms with Crippen LogP contribution in [0, 0.1) is 0 Å². The van der Waals surface area contributed by atoms with Gasteiger partial charge in [-0.15, -0.1) is 0 Å². The van der Waals surface area contributed by atoms with Gasteiger partial charge in [-0.3, -0.25) is 14.5 Å². The zero-order valence-corrected chi connectivity index (χ0v) is 17.4. The fraction of sp³-hybridized carbons (Fsp3) is 0.333. The number of piperazine rings is 1. The number of hydrogen-bond acceptors (Lipinski definition) is 4. The molecule has 1 unspecified atom stereocenters. The minimum absolute atomic E-state index is 0.0667. The summed E-state index contributed by atoms with van der Waals surface area (Å²) in [5.74, 6) is -0.0273. The van der Waals surface area contributed by atoms with Crippen LogP contribution in [0.3, 0.4) is 0 Å². The Bertz CT molecular complexity index is 862. The Hall–Kier alpha value is -2.08. The van der Waals surface area contributed by atoms with E-state index in [2.05, 4.69) is 15.1 Å². The molecule has 0 radical (unpaired) electrons. The lowest BCUT2D eigenvalue weighted by Crippen LogP contribution is -2.52. The van der Waals surface area contributed by atoms with Crippen LogP contribution in [0.25, 0.3) is 0 Å². The van der Waals surface area contributed by atoms with Gasteiger partial charge in [0.25, 0.3) is 0 Å². The predicted octanol–water partition coefficient (Wildman–Crippen LogP) is 4.35. The maximum atomic E-state index is 12.6. The SMILES string of the molecule is CC(=O)c1ccc(N2CCN(C(C)C(=O)Nc3ccc(Cl)cc3Cl)CC2)cc1. The van der Waals surface area contributed by atoms with Crippen LogP contribution in [0.1, 0.15) is 24.2 Å². The quantitative estimate of drug-likeness (QED) is 0.731. The fourth-order valence-corrected chi connectivity index (χ4v) is 3.72. The molecule has 28 heavy (non-hydrogen) atoms. The van der Waals surface area contributed by atoms with E-state index in [0.29, 0.717) is 21.3 Å². The lowest BCUT2D eigenvalue weighted by molar-refractivity contribution is -0.120. The Kier molecular flexibility index (Phi) is 6.60. The van der Waals surface area contributed by atoms with E-state index in [1.165, 1.54) is 0 Å². The molecule has 1 aliphatic heterocycles. The highest BCUT2D eigenvalue weighted by Crippen LogP contribution is 2.26. The van der Waals surface area contributed by atoms with Crippen molar-refractivity contribution in [2.45, 2.75) is 19.9 Å². The summed E-state index contributed by atoms with van der Waals surface area (Å²) in [6, 6.07) is 12.4. The third-order valence-electron chi connectivity index (χ3n) is 5.07. The molecule has 0 aromatic heterocycles. The highest BCUT2D eigenvalue weighted by molar-refractivity contribution is 6.36. The molecular weight excluding hydrogens is 397 g/mol. The normalized spacial score (nSPS) is 15.9. The smallest absolute Gasteiger partial charge is 0.241 e. The largest absolute Gasteiger partial charge is 0.369 e. The summed E-state index contributed by atoms with van der Waals surface area (Å²) in [7, 11) is 0. The molecule has 1 aliphatic rings. The summed E-state index contributed by atoms with van der Waals surface area (Å²) < 4.78 is 0. The van der Waals surface area contributed by atoms with Crippen molar-refractivity contribution in [3.05, 3.63) is 58.1 Å². The number of anilines is 2. The molecule has 7 heteroatoms. The summed E-state index contributed by atoms with van der Waals surface area (Å²) in [6.45, 7) is 6.65. The van der Waals surface area contributed by atoms with Crippen LogP contribution in [-0.4, -0.2) is 48.8 Å². The maximum absolute atomic E-state index is 12.6. The Morgan fingerprint density at radius 3 is 2.21 bits per heavy atom. The first-order valence-corrected chi connectivity index (χ1v) is 9.96. The molecule has 1 fully saturated rings. The van der Waals surface area contributed by atoms with Crippen molar-refractivity contribution in [3.8, 4) is 0 Å². The van der Waals surface area contributed by atoms with E-state index >= 15 is 0 Å². The number of ketones is 1. The van der Waals surface area contributed by atoms with Gasteiger partial charge in [0.05, 0.1) is 16.8 Å². The van der Waals surface area contributed by atoms with Crippen molar-refractivity contribution in [3.63, 3.8) is 0 Å². The minimum atomic E-state index is -0.269. The standard InChI is InChI=1S/C21H23Cl2N3O2/c1-14(21(28)24-20-8-5-17(22)13-19(20)23)25-9-11-26(12-10-25)18-6-3-16(4-7-18)15(2)27/h3-8,13-14H,9-12H2,1-2H3,(H,24,28). The molecular formula is C21H23Cl2N3O2. The van der Waals surface area contributed by atoms with Gasteiger partial charge in [0.15, 0.2) is 5.78 Å². The Labute approximate surface area is 175 Å². The second-order valence-electron chi connectivity index (χ2n) is 6.92. The Morgan fingerprint density at radius 2 is 1.64 bits per heavy atom. The van der Waals surface area contributed by atoms with E-state index in [4.69, 9.17) is 23.2 Å². The zero-order valence-electron chi connectivity index (χ0n) is 15.9. The van der Waals surface area contributed by atoms with E-state index in [1.807, 2.05) is 31.2 Å². The minimum Gasteiger partial charge on any atom is -0.369 e. The molecule has 1 amide bonds. The van der Waals surface area contributed by atoms with Crippen molar-refractivity contribution < 1.29 is 9.59 Å². The number of benzene rings is 2. The number of carbonyl (C=O) groups is 2. The van der Waals surface area contributed by atoms with Gasteiger partial charge in [0.1, 0.15) is 0 Å². The van der Waals surface area contributed by atoms with E-state index in [9.17, 15) is 9.59 Å². The second-order valence-corrected chi connectivity index (χ2v) is 7.76. The van der Waals surface area contributed by atoms with Crippen molar-refractivity contribution in [2.24, 2.45) is 0 Å². The third-order valence-corrected chi connectivity index (χ3v) is 5.62. The molecule has 1 saturated heterocycles. The zero-order chi connectivity index (χ0) is 20.3. The van der Waals surface area contributed by atoms with Crippen molar-refractivity contribution in [2.75, 3.05) is 36.4 Å². The number of nitrogens with zero attached hydrogens (tertiary/aromatic N) is 2. The topological polar surface area (TPSA) is 52.7 Å². The first kappa shape index (κ1) is 20.6. The van der Waals surface area contributed by atoms with Crippen molar-refractivity contribution in [1.82, 2.24) is 4.90 Å². The van der Waals surface area contributed by atoms with E-state index in [-0.39, 0.29) is 17.7 Å². The molecule has 0 aliphatic carbocycles. The predicted molar refractivity (Wildman–Crippen MR) is 115 cm³/mol. The summed E-state index contributed by atoms with van der Waals surface area (Å²) in [6.07, 6.45) is 0. The van der Waals surface area contributed by atoms with Gasteiger partial charge >= 0.3 is 0 Å². The summed E-state index contributed by atoms with van der Waals surface area (Å²) in [5.41, 5.74) is 2.37. The molecule has 1 N–H and O–H groups in total. The van der Waals surface area contributed by atoms with Gasteiger partial charge in [-0.05, 0) is 56.3 Å². The number of rotatable bonds is 5. The lowest BCUT2D eigenvalue weighted by atomic mass is 10.1. The van der Waals surface area contributed by atoms with E-state index in [1.54, 1.807) is 25.1 Å². The Balaban J connectivity index is 1.56. The molecule has 2 aromatic carbocycles. The number of nitrogens with one attached hydrogen (secondary N) is 1. The maximum Gasteiger partial charge on any atom is 0.241 e. The van der Waals surface area contributed by atoms with Gasteiger partial charge in [-0.2, -0.15) is 0 Å². The average molecular weight is 420 g/mol. The first-order valence-electron chi connectivity index (χ1n) is 9.21. The highest BCUT2D eigenvalue weighted by atomic mass is 35.5. The summed E-state index contributed by atoms with van der Waals surface area (Å²) in [5, 5.41) is 3.83. The van der Waals surface area contributed by atoms with Crippen molar-refractivity contribution >= 4 is 46.3 Å². The molecule has 0 saturated carbocycles. The van der Waals surface area contributed by atoms with Crippen LogP contribution in [0.2, 0.25) is 10.0 Å². The lowest BCUT2D eigenvalue weighted by Gasteiger charge is -2.38. The molecule has 2 aromatic rings. The van der Waals surface area contributed by atoms with Gasteiger partial charge in [0.2, 0.25) is 5.91 Å². The van der Waals surface area contributed by atoms with E-state index in [0.717, 1.165) is 31.9 Å². The van der Waals surface area contributed by atoms with Gasteiger partial charge < -0.3 is 10.2 Å². The molecule has 5 nitrogen and oxygen atoms in total. The molecule has 1 heterocycles. The molecule has 3 rings (SSSR count). The number of Topliss-reactive ketones (excluding diaryl/α,β-unsaturated/α-hetero) is 1. The summed E-state index contributed by atoms with van der Waals surface area (Å²) in [4.78, 5) is 28.4. The van der Waals surface area contributed by atoms with Crippen LogP contribution in [-0.2, 0) is 4.79 Å². The Morgan fingerprint density at radius 1 is 1.00 bits per heavy atom. The number of hydrogen-bond donors (Lipinski definition) is 1. The molecule has 1 atom stereocenters. The van der Waals surface area contributed by atoms with Gasteiger partial charge in [-0.25, -0.2) is 0 Å². The number of amides is 1. The molecule has 0 bridgehead atoms. The van der Waals surface area contributed by atoms with Gasteiger partial charge in [-0.1, -0.05) is 23.2 Å². The van der Waals surface area contributed by atoms with E-state index < -0.39 is 0 Å². The van der Waals surface area contributed by atoms with Crippen molar-refractivity contribution in [1.29, 1.82) is 0 Å². The monoisotopic (exact) mass is 419 g/mol.